The first-order valence-corrected chi connectivity index (χ1v) is 10.4. The maximum atomic E-state index is 13.1. The van der Waals surface area contributed by atoms with Crippen LogP contribution in [0.3, 0.4) is 0 Å². The van der Waals surface area contributed by atoms with Crippen LogP contribution in [-0.4, -0.2) is 22.0 Å². The summed E-state index contributed by atoms with van der Waals surface area (Å²) in [6.07, 6.45) is 0. The highest BCUT2D eigenvalue weighted by Crippen LogP contribution is 2.27. The predicted octanol–water partition coefficient (Wildman–Crippen LogP) is 4.72. The number of carbonyl (C=O) groups excluding carboxylic acids is 2. The van der Waals surface area contributed by atoms with Crippen LogP contribution in [-0.2, 0) is 11.3 Å². The van der Waals surface area contributed by atoms with Crippen molar-refractivity contribution < 1.29 is 14.1 Å². The maximum absolute atomic E-state index is 13.1. The second kappa shape index (κ2) is 9.01. The fourth-order valence-corrected chi connectivity index (χ4v) is 3.35. The molecule has 7 nitrogen and oxygen atoms in total. The summed E-state index contributed by atoms with van der Waals surface area (Å²) in [6.45, 7) is 5.77. The Bertz CT molecular complexity index is 1280. The van der Waals surface area contributed by atoms with Gasteiger partial charge in [0.2, 0.25) is 5.91 Å². The summed E-state index contributed by atoms with van der Waals surface area (Å²) >= 11 is 0. The SMILES string of the molecule is Cc1noc2nc(-c3ccccc3)cc(C(=O)NCc3cccc(NC(=O)C(C)C)c3)c12. The number of carbonyl (C=O) groups is 2. The first kappa shape index (κ1) is 21.2. The molecule has 2 heterocycles. The quantitative estimate of drug-likeness (QED) is 0.463. The molecule has 0 fully saturated rings. The van der Waals surface area contributed by atoms with E-state index in [1.165, 1.54) is 0 Å². The molecule has 0 radical (unpaired) electrons. The Balaban J connectivity index is 1.58. The van der Waals surface area contributed by atoms with Crippen molar-refractivity contribution in [3.8, 4) is 11.3 Å². The van der Waals surface area contributed by atoms with Gasteiger partial charge in [0.15, 0.2) is 0 Å². The molecule has 2 aromatic carbocycles. The largest absolute Gasteiger partial charge is 0.348 e. The number of benzene rings is 2. The lowest BCUT2D eigenvalue weighted by atomic mass is 10.0. The van der Waals surface area contributed by atoms with Gasteiger partial charge in [-0.05, 0) is 30.7 Å². The Labute approximate surface area is 185 Å². The minimum absolute atomic E-state index is 0.0539. The number of anilines is 1. The van der Waals surface area contributed by atoms with Crippen LogP contribution in [0, 0.1) is 12.8 Å². The molecule has 0 aliphatic rings. The van der Waals surface area contributed by atoms with E-state index in [-0.39, 0.29) is 17.7 Å². The molecule has 0 unspecified atom stereocenters. The van der Waals surface area contributed by atoms with E-state index in [0.717, 1.165) is 11.1 Å². The Morgan fingerprint density at radius 3 is 2.56 bits per heavy atom. The number of amides is 2. The van der Waals surface area contributed by atoms with Crippen LogP contribution < -0.4 is 10.6 Å². The van der Waals surface area contributed by atoms with Gasteiger partial charge in [-0.25, -0.2) is 4.98 Å². The zero-order chi connectivity index (χ0) is 22.7. The number of hydrogen-bond donors (Lipinski definition) is 2. The fraction of sp³-hybridized carbons (Fsp3) is 0.200. The molecule has 4 rings (SSSR count). The third-order valence-corrected chi connectivity index (χ3v) is 5.10. The molecule has 2 aromatic heterocycles. The standard InChI is InChI=1S/C25H24N4O3/c1-15(2)23(30)27-19-11-7-8-17(12-19)14-26-24(31)20-13-21(18-9-5-4-6-10-18)28-25-22(20)16(3)29-32-25/h4-13,15H,14H2,1-3H3,(H,26,31)(H,27,30). The van der Waals surface area contributed by atoms with Crippen molar-refractivity contribution in [1.82, 2.24) is 15.5 Å². The lowest BCUT2D eigenvalue weighted by Crippen LogP contribution is -2.23. The molecule has 7 heteroatoms. The number of pyridine rings is 1. The lowest BCUT2D eigenvalue weighted by molar-refractivity contribution is -0.118. The second-order valence-electron chi connectivity index (χ2n) is 7.90. The number of nitrogens with one attached hydrogen (secondary N) is 2. The average molecular weight is 428 g/mol. The first-order valence-electron chi connectivity index (χ1n) is 10.4. The van der Waals surface area contributed by atoms with Gasteiger partial charge >= 0.3 is 0 Å². The van der Waals surface area contributed by atoms with Gasteiger partial charge in [0.05, 0.1) is 22.3 Å². The predicted molar refractivity (Wildman–Crippen MR) is 123 cm³/mol. The summed E-state index contributed by atoms with van der Waals surface area (Å²) in [5.41, 5.74) is 4.47. The average Bonchev–Trinajstić information content (AvgIpc) is 3.18. The minimum Gasteiger partial charge on any atom is -0.348 e. The normalized spacial score (nSPS) is 11.0. The summed E-state index contributed by atoms with van der Waals surface area (Å²) < 4.78 is 5.36. The van der Waals surface area contributed by atoms with E-state index in [1.54, 1.807) is 13.0 Å². The van der Waals surface area contributed by atoms with E-state index in [1.807, 2.05) is 68.4 Å². The van der Waals surface area contributed by atoms with Crippen LogP contribution >= 0.6 is 0 Å². The van der Waals surface area contributed by atoms with Crippen molar-refractivity contribution in [2.45, 2.75) is 27.3 Å². The van der Waals surface area contributed by atoms with Gasteiger partial charge in [0.1, 0.15) is 0 Å². The van der Waals surface area contributed by atoms with Crippen LogP contribution in [0.5, 0.6) is 0 Å². The van der Waals surface area contributed by atoms with E-state index >= 15 is 0 Å². The zero-order valence-electron chi connectivity index (χ0n) is 18.2. The molecule has 2 amide bonds. The number of rotatable bonds is 6. The van der Waals surface area contributed by atoms with Gasteiger partial charge in [-0.1, -0.05) is 61.5 Å². The summed E-state index contributed by atoms with van der Waals surface area (Å²) in [6, 6.07) is 18.8. The highest BCUT2D eigenvalue weighted by molar-refractivity contribution is 6.07. The second-order valence-corrected chi connectivity index (χ2v) is 7.90. The van der Waals surface area contributed by atoms with Crippen molar-refractivity contribution in [2.24, 2.45) is 5.92 Å². The number of aromatic nitrogens is 2. The van der Waals surface area contributed by atoms with Crippen molar-refractivity contribution in [3.63, 3.8) is 0 Å². The number of nitrogens with zero attached hydrogens (tertiary/aromatic N) is 2. The molecule has 0 bridgehead atoms. The van der Waals surface area contributed by atoms with Crippen LogP contribution in [0.25, 0.3) is 22.4 Å². The smallest absolute Gasteiger partial charge is 0.259 e. The van der Waals surface area contributed by atoms with Crippen molar-refractivity contribution in [1.29, 1.82) is 0 Å². The molecule has 0 atom stereocenters. The molecular formula is C25H24N4O3. The van der Waals surface area contributed by atoms with Crippen LogP contribution in [0.4, 0.5) is 5.69 Å². The number of aryl methyl sites for hydroxylation is 1. The number of fused-ring (bicyclic) bond motifs is 1. The highest BCUT2D eigenvalue weighted by Gasteiger charge is 2.19. The summed E-state index contributed by atoms with van der Waals surface area (Å²) in [5, 5.41) is 10.4. The van der Waals surface area contributed by atoms with Gasteiger partial charge < -0.3 is 15.2 Å². The monoisotopic (exact) mass is 428 g/mol. The molecule has 0 saturated carbocycles. The summed E-state index contributed by atoms with van der Waals surface area (Å²) in [4.78, 5) is 29.6. The Hall–Kier alpha value is -4.00. The molecule has 4 aromatic rings. The van der Waals surface area contributed by atoms with E-state index < -0.39 is 0 Å². The Kier molecular flexibility index (Phi) is 5.98. The molecule has 0 spiro atoms. The molecule has 162 valence electrons. The minimum atomic E-state index is -0.252. The highest BCUT2D eigenvalue weighted by atomic mass is 16.5. The molecule has 32 heavy (non-hydrogen) atoms. The van der Waals surface area contributed by atoms with Crippen molar-refractivity contribution in [3.05, 3.63) is 77.5 Å². The summed E-state index contributed by atoms with van der Waals surface area (Å²) in [7, 11) is 0. The van der Waals surface area contributed by atoms with E-state index in [2.05, 4.69) is 20.8 Å². The third-order valence-electron chi connectivity index (χ3n) is 5.10. The maximum Gasteiger partial charge on any atom is 0.259 e. The molecular weight excluding hydrogens is 404 g/mol. The van der Waals surface area contributed by atoms with Gasteiger partial charge in [-0.3, -0.25) is 9.59 Å². The lowest BCUT2D eigenvalue weighted by Gasteiger charge is -2.11. The molecule has 0 aliphatic heterocycles. The Morgan fingerprint density at radius 2 is 1.81 bits per heavy atom. The van der Waals surface area contributed by atoms with Crippen LogP contribution in [0.2, 0.25) is 0 Å². The Morgan fingerprint density at radius 1 is 1.03 bits per heavy atom. The molecule has 0 aliphatic carbocycles. The van der Waals surface area contributed by atoms with E-state index in [4.69, 9.17) is 4.52 Å². The zero-order valence-corrected chi connectivity index (χ0v) is 18.2. The van der Waals surface area contributed by atoms with Crippen LogP contribution in [0.15, 0.2) is 65.2 Å². The van der Waals surface area contributed by atoms with E-state index in [9.17, 15) is 9.59 Å². The van der Waals surface area contributed by atoms with E-state index in [0.29, 0.717) is 40.3 Å². The topological polar surface area (TPSA) is 97.1 Å². The van der Waals surface area contributed by atoms with Gasteiger partial charge in [0, 0.05) is 23.7 Å². The molecule has 2 N–H and O–H groups in total. The fourth-order valence-electron chi connectivity index (χ4n) is 3.35. The third kappa shape index (κ3) is 4.51. The molecule has 0 saturated heterocycles. The van der Waals surface area contributed by atoms with Crippen molar-refractivity contribution in [2.75, 3.05) is 5.32 Å². The first-order chi connectivity index (χ1) is 15.4. The summed E-state index contributed by atoms with van der Waals surface area (Å²) in [5.74, 6) is -0.419. The van der Waals surface area contributed by atoms with Crippen molar-refractivity contribution >= 4 is 28.6 Å². The van der Waals surface area contributed by atoms with Crippen LogP contribution in [0.1, 0.15) is 35.5 Å². The number of hydrogen-bond acceptors (Lipinski definition) is 5. The van der Waals surface area contributed by atoms with Gasteiger partial charge in [-0.2, -0.15) is 0 Å². The van der Waals surface area contributed by atoms with Gasteiger partial charge in [0.25, 0.3) is 11.6 Å². The van der Waals surface area contributed by atoms with Gasteiger partial charge in [-0.15, -0.1) is 0 Å².